The van der Waals surface area contributed by atoms with E-state index in [9.17, 15) is 4.79 Å². The molecule has 106 valence electrons. The summed E-state index contributed by atoms with van der Waals surface area (Å²) in [6, 6.07) is 0. The molecule has 0 heterocycles. The van der Waals surface area contributed by atoms with Crippen LogP contribution in [0.15, 0.2) is 0 Å². The third kappa shape index (κ3) is 7.70. The summed E-state index contributed by atoms with van der Waals surface area (Å²) < 4.78 is 5.25. The number of carbonyl (C=O) groups excluding carboxylic acids is 1. The highest BCUT2D eigenvalue weighted by Gasteiger charge is 2.16. The van der Waals surface area contributed by atoms with E-state index < -0.39 is 0 Å². The molecule has 0 saturated heterocycles. The largest absolute Gasteiger partial charge is 0.460 e. The average molecular weight is 255 g/mol. The smallest absolute Gasteiger partial charge is 0.307 e. The molecule has 0 unspecified atom stereocenters. The predicted octanol–water partition coefficient (Wildman–Crippen LogP) is 3.28. The van der Waals surface area contributed by atoms with Gasteiger partial charge in [-0.25, -0.2) is 0 Å². The van der Waals surface area contributed by atoms with E-state index in [0.29, 0.717) is 6.42 Å². The van der Waals surface area contributed by atoms with Gasteiger partial charge in [0.15, 0.2) is 0 Å². The second-order valence-corrected chi connectivity index (χ2v) is 6.38. The lowest BCUT2D eigenvalue weighted by atomic mass is 10.0. The molecule has 1 rings (SSSR count). The van der Waals surface area contributed by atoms with Crippen molar-refractivity contribution < 1.29 is 9.53 Å². The SMILES string of the molecule is CC(C)(C)OC(=O)CCNCCCC1CCCC1. The molecule has 1 saturated carbocycles. The van der Waals surface area contributed by atoms with Crippen molar-refractivity contribution >= 4 is 5.97 Å². The summed E-state index contributed by atoms with van der Waals surface area (Å²) in [5, 5.41) is 3.33. The van der Waals surface area contributed by atoms with Crippen LogP contribution in [0, 0.1) is 5.92 Å². The van der Waals surface area contributed by atoms with Gasteiger partial charge in [0.05, 0.1) is 6.42 Å². The number of ether oxygens (including phenoxy) is 1. The second kappa shape index (κ2) is 7.78. The number of hydrogen-bond donors (Lipinski definition) is 1. The molecule has 3 nitrogen and oxygen atoms in total. The summed E-state index contributed by atoms with van der Waals surface area (Å²) in [5.74, 6) is 0.864. The van der Waals surface area contributed by atoms with Crippen molar-refractivity contribution in [3.63, 3.8) is 0 Å². The van der Waals surface area contributed by atoms with E-state index in [1.165, 1.54) is 38.5 Å². The van der Waals surface area contributed by atoms with Gasteiger partial charge in [0.25, 0.3) is 0 Å². The van der Waals surface area contributed by atoms with Crippen molar-refractivity contribution in [3.05, 3.63) is 0 Å². The zero-order valence-electron chi connectivity index (χ0n) is 12.3. The first-order valence-electron chi connectivity index (χ1n) is 7.40. The lowest BCUT2D eigenvalue weighted by molar-refractivity contribution is -0.154. The third-order valence-electron chi connectivity index (χ3n) is 3.37. The molecule has 1 aliphatic rings. The quantitative estimate of drug-likeness (QED) is 0.560. The van der Waals surface area contributed by atoms with Gasteiger partial charge in [-0.15, -0.1) is 0 Å². The zero-order chi connectivity index (χ0) is 13.4. The molecule has 0 radical (unpaired) electrons. The van der Waals surface area contributed by atoms with Crippen molar-refractivity contribution in [2.24, 2.45) is 5.92 Å². The Morgan fingerprint density at radius 1 is 1.22 bits per heavy atom. The van der Waals surface area contributed by atoms with Crippen LogP contribution in [-0.2, 0) is 9.53 Å². The minimum absolute atomic E-state index is 0.106. The number of nitrogens with one attached hydrogen (secondary N) is 1. The minimum atomic E-state index is -0.362. The topological polar surface area (TPSA) is 38.3 Å². The molecule has 0 bridgehead atoms. The fourth-order valence-electron chi connectivity index (χ4n) is 2.52. The molecule has 0 aromatic rings. The molecule has 1 aliphatic carbocycles. The molecule has 3 heteroatoms. The molecule has 0 spiro atoms. The van der Waals surface area contributed by atoms with Crippen LogP contribution in [-0.4, -0.2) is 24.7 Å². The van der Waals surface area contributed by atoms with Gasteiger partial charge in [-0.2, -0.15) is 0 Å². The van der Waals surface area contributed by atoms with Crippen molar-refractivity contribution in [3.8, 4) is 0 Å². The Bertz CT molecular complexity index is 239. The summed E-state index contributed by atoms with van der Waals surface area (Å²) in [6.45, 7) is 7.47. The lowest BCUT2D eigenvalue weighted by Crippen LogP contribution is -2.27. The summed E-state index contributed by atoms with van der Waals surface area (Å²) in [6.07, 6.45) is 8.77. The monoisotopic (exact) mass is 255 g/mol. The Balaban J connectivity index is 1.90. The molecule has 0 aromatic carbocycles. The van der Waals surface area contributed by atoms with Crippen LogP contribution in [0.3, 0.4) is 0 Å². The number of carbonyl (C=O) groups is 1. The van der Waals surface area contributed by atoms with Crippen LogP contribution >= 0.6 is 0 Å². The van der Waals surface area contributed by atoms with E-state index in [2.05, 4.69) is 5.32 Å². The maximum atomic E-state index is 11.4. The maximum absolute atomic E-state index is 11.4. The van der Waals surface area contributed by atoms with Gasteiger partial charge in [-0.3, -0.25) is 4.79 Å². The molecule has 1 fully saturated rings. The average Bonchev–Trinajstić information content (AvgIpc) is 2.73. The summed E-state index contributed by atoms with van der Waals surface area (Å²) in [7, 11) is 0. The zero-order valence-corrected chi connectivity index (χ0v) is 12.3. The first kappa shape index (κ1) is 15.5. The Hall–Kier alpha value is -0.570. The van der Waals surface area contributed by atoms with Crippen LogP contribution in [0.4, 0.5) is 0 Å². The van der Waals surface area contributed by atoms with Crippen LogP contribution in [0.5, 0.6) is 0 Å². The van der Waals surface area contributed by atoms with Crippen molar-refractivity contribution in [1.29, 1.82) is 0 Å². The van der Waals surface area contributed by atoms with E-state index in [0.717, 1.165) is 19.0 Å². The van der Waals surface area contributed by atoms with E-state index in [1.54, 1.807) is 0 Å². The second-order valence-electron chi connectivity index (χ2n) is 6.38. The number of hydrogen-bond acceptors (Lipinski definition) is 3. The minimum Gasteiger partial charge on any atom is -0.460 e. The lowest BCUT2D eigenvalue weighted by Gasteiger charge is -2.19. The summed E-state index contributed by atoms with van der Waals surface area (Å²) >= 11 is 0. The standard InChI is InChI=1S/C15H29NO2/c1-15(2,3)18-14(17)10-12-16-11-6-9-13-7-4-5-8-13/h13,16H,4-12H2,1-3H3. The maximum Gasteiger partial charge on any atom is 0.307 e. The van der Waals surface area contributed by atoms with Gasteiger partial charge < -0.3 is 10.1 Å². The van der Waals surface area contributed by atoms with Gasteiger partial charge in [0.2, 0.25) is 0 Å². The molecular formula is C15H29NO2. The van der Waals surface area contributed by atoms with Crippen molar-refractivity contribution in [2.75, 3.05) is 13.1 Å². The molecule has 0 aliphatic heterocycles. The van der Waals surface area contributed by atoms with Crippen LogP contribution in [0.1, 0.15) is 65.7 Å². The Kier molecular flexibility index (Phi) is 6.69. The molecule has 0 aromatic heterocycles. The van der Waals surface area contributed by atoms with Crippen LogP contribution in [0.25, 0.3) is 0 Å². The van der Waals surface area contributed by atoms with Gasteiger partial charge in [0, 0.05) is 6.54 Å². The van der Waals surface area contributed by atoms with Gasteiger partial charge >= 0.3 is 5.97 Å². The van der Waals surface area contributed by atoms with E-state index >= 15 is 0 Å². The third-order valence-corrected chi connectivity index (χ3v) is 3.37. The molecule has 1 N–H and O–H groups in total. The van der Waals surface area contributed by atoms with Gasteiger partial charge in [-0.1, -0.05) is 25.7 Å². The normalized spacial score (nSPS) is 17.1. The van der Waals surface area contributed by atoms with Gasteiger partial charge in [0.1, 0.15) is 5.60 Å². The predicted molar refractivity (Wildman–Crippen MR) is 74.5 cm³/mol. The summed E-state index contributed by atoms with van der Waals surface area (Å²) in [4.78, 5) is 11.4. The highest BCUT2D eigenvalue weighted by Crippen LogP contribution is 2.28. The fraction of sp³-hybridized carbons (Fsp3) is 0.933. The Labute approximate surface area is 112 Å². The van der Waals surface area contributed by atoms with E-state index in [1.807, 2.05) is 20.8 Å². The molecule has 0 atom stereocenters. The Morgan fingerprint density at radius 3 is 2.50 bits per heavy atom. The summed E-state index contributed by atoms with van der Waals surface area (Å²) in [5.41, 5.74) is -0.362. The van der Waals surface area contributed by atoms with Crippen LogP contribution in [0.2, 0.25) is 0 Å². The highest BCUT2D eigenvalue weighted by atomic mass is 16.6. The van der Waals surface area contributed by atoms with Crippen molar-refractivity contribution in [2.45, 2.75) is 71.3 Å². The highest BCUT2D eigenvalue weighted by molar-refractivity contribution is 5.70. The van der Waals surface area contributed by atoms with Gasteiger partial charge in [-0.05, 0) is 46.1 Å². The van der Waals surface area contributed by atoms with Crippen LogP contribution < -0.4 is 5.32 Å². The fourth-order valence-corrected chi connectivity index (χ4v) is 2.52. The Morgan fingerprint density at radius 2 is 1.89 bits per heavy atom. The molecule has 0 amide bonds. The van der Waals surface area contributed by atoms with E-state index in [-0.39, 0.29) is 11.6 Å². The first-order chi connectivity index (χ1) is 8.47. The number of rotatable bonds is 7. The van der Waals surface area contributed by atoms with Crippen molar-refractivity contribution in [1.82, 2.24) is 5.32 Å². The van der Waals surface area contributed by atoms with E-state index in [4.69, 9.17) is 4.74 Å². The number of esters is 1. The first-order valence-corrected chi connectivity index (χ1v) is 7.40. The molecular weight excluding hydrogens is 226 g/mol. The molecule has 18 heavy (non-hydrogen) atoms.